The Labute approximate surface area is 337 Å². The van der Waals surface area contributed by atoms with Crippen LogP contribution in [0.1, 0.15) is 0 Å². The number of hydrogen-bond donors (Lipinski definition) is 0. The fourth-order valence-electron chi connectivity index (χ4n) is 7.53. The minimum atomic E-state index is 0.863. The van der Waals surface area contributed by atoms with Gasteiger partial charge < -0.3 is 0 Å². The summed E-state index contributed by atoms with van der Waals surface area (Å²) in [6, 6.07) is 68.4. The van der Waals surface area contributed by atoms with Gasteiger partial charge >= 0.3 is 0 Å². The highest BCUT2D eigenvalue weighted by molar-refractivity contribution is 5.87. The lowest BCUT2D eigenvalue weighted by Crippen LogP contribution is -1.95. The second kappa shape index (κ2) is 15.4. The van der Waals surface area contributed by atoms with Gasteiger partial charge in [-0.15, -0.1) is 0 Å². The molecule has 4 nitrogen and oxygen atoms in total. The number of hydrogen-bond acceptors (Lipinski definition) is 4. The zero-order chi connectivity index (χ0) is 38.7. The number of pyridine rings is 2. The Bertz CT molecular complexity index is 2750. The van der Waals surface area contributed by atoms with Crippen molar-refractivity contribution >= 4 is 11.0 Å². The van der Waals surface area contributed by atoms with E-state index in [0.29, 0.717) is 0 Å². The molecule has 0 N–H and O–H groups in total. The molecule has 10 aromatic rings. The second-order valence-corrected chi connectivity index (χ2v) is 14.4. The summed E-state index contributed by atoms with van der Waals surface area (Å²) in [6.45, 7) is 0. The Morgan fingerprint density at radius 3 is 0.690 bits per heavy atom. The summed E-state index contributed by atoms with van der Waals surface area (Å²) in [7, 11) is 0. The molecule has 10 rings (SSSR count). The average molecular weight is 741 g/mol. The Morgan fingerprint density at radius 2 is 0.448 bits per heavy atom. The number of para-hydroxylation sites is 2. The van der Waals surface area contributed by atoms with Gasteiger partial charge in [0.05, 0.1) is 22.4 Å². The zero-order valence-electron chi connectivity index (χ0n) is 31.6. The highest BCUT2D eigenvalue weighted by atomic mass is 14.8. The highest BCUT2D eigenvalue weighted by Gasteiger charge is 2.14. The molecule has 0 saturated carbocycles. The van der Waals surface area contributed by atoms with Gasteiger partial charge in [0.2, 0.25) is 0 Å². The third kappa shape index (κ3) is 7.07. The number of aromatic nitrogens is 4. The van der Waals surface area contributed by atoms with Crippen LogP contribution in [0.5, 0.6) is 0 Å². The molecule has 0 bridgehead atoms. The molecule has 0 unspecified atom stereocenters. The molecule has 0 fully saturated rings. The standard InChI is InChI=1S/C54H36N4/c1-2-8-52-51(7-1)57-53(47-29-25-43(26-30-47)39-13-9-37(10-14-39)41-17-21-45(22-18-41)49-5-3-33-55-35-49)54(58-52)48-31-27-44(28-32-48)40-15-11-38(12-16-40)42-19-23-46(24-20-42)50-6-4-34-56-36-50/h1-36H. The van der Waals surface area contributed by atoms with Crippen LogP contribution in [0, 0.1) is 0 Å². The summed E-state index contributed by atoms with van der Waals surface area (Å²) in [6.07, 6.45) is 7.39. The van der Waals surface area contributed by atoms with E-state index in [-0.39, 0.29) is 0 Å². The van der Waals surface area contributed by atoms with Crippen LogP contribution in [0.15, 0.2) is 219 Å². The van der Waals surface area contributed by atoms with Crippen molar-refractivity contribution in [2.24, 2.45) is 0 Å². The van der Waals surface area contributed by atoms with Crippen LogP contribution in [0.25, 0.3) is 100 Å². The maximum atomic E-state index is 5.17. The highest BCUT2D eigenvalue weighted by Crippen LogP contribution is 2.35. The lowest BCUT2D eigenvalue weighted by molar-refractivity contribution is 1.29. The first kappa shape index (κ1) is 34.7. The van der Waals surface area contributed by atoms with E-state index in [9.17, 15) is 0 Å². The Hall–Kier alpha value is -7.82. The minimum absolute atomic E-state index is 0.863. The molecule has 0 atom stereocenters. The van der Waals surface area contributed by atoms with Gasteiger partial charge in [-0.25, -0.2) is 9.97 Å². The molecule has 0 amide bonds. The van der Waals surface area contributed by atoms with Crippen molar-refractivity contribution < 1.29 is 0 Å². The summed E-state index contributed by atoms with van der Waals surface area (Å²) in [4.78, 5) is 18.8. The molecule has 7 aromatic carbocycles. The third-order valence-electron chi connectivity index (χ3n) is 10.7. The van der Waals surface area contributed by atoms with E-state index in [2.05, 4.69) is 168 Å². The summed E-state index contributed by atoms with van der Waals surface area (Å²) in [5.41, 5.74) is 19.4. The zero-order valence-corrected chi connectivity index (χ0v) is 31.6. The maximum Gasteiger partial charge on any atom is 0.0973 e. The molecule has 0 radical (unpaired) electrons. The molecule has 0 saturated heterocycles. The van der Waals surface area contributed by atoms with Gasteiger partial charge in [-0.1, -0.05) is 170 Å². The fourth-order valence-corrected chi connectivity index (χ4v) is 7.53. The predicted octanol–water partition coefficient (Wildman–Crippen LogP) is 13.8. The molecular weight excluding hydrogens is 705 g/mol. The van der Waals surface area contributed by atoms with Crippen molar-refractivity contribution in [2.75, 3.05) is 0 Å². The van der Waals surface area contributed by atoms with Crippen molar-refractivity contribution in [2.45, 2.75) is 0 Å². The third-order valence-corrected chi connectivity index (χ3v) is 10.7. The average Bonchev–Trinajstić information content (AvgIpc) is 3.32. The van der Waals surface area contributed by atoms with Crippen LogP contribution in [0.4, 0.5) is 0 Å². The van der Waals surface area contributed by atoms with Crippen LogP contribution in [-0.2, 0) is 0 Å². The summed E-state index contributed by atoms with van der Waals surface area (Å²) >= 11 is 0. The molecule has 0 spiro atoms. The number of benzene rings is 7. The van der Waals surface area contributed by atoms with Crippen LogP contribution in [0.3, 0.4) is 0 Å². The molecule has 58 heavy (non-hydrogen) atoms. The smallest absolute Gasteiger partial charge is 0.0973 e. The van der Waals surface area contributed by atoms with Crippen molar-refractivity contribution in [1.29, 1.82) is 0 Å². The number of nitrogens with zero attached hydrogens (tertiary/aromatic N) is 4. The Balaban J connectivity index is 0.887. The number of rotatable bonds is 8. The van der Waals surface area contributed by atoms with Crippen LogP contribution in [-0.4, -0.2) is 19.9 Å². The predicted molar refractivity (Wildman–Crippen MR) is 239 cm³/mol. The monoisotopic (exact) mass is 740 g/mol. The van der Waals surface area contributed by atoms with Crippen LogP contribution in [0.2, 0.25) is 0 Å². The largest absolute Gasteiger partial charge is 0.264 e. The van der Waals surface area contributed by atoms with Gasteiger partial charge in [0.15, 0.2) is 0 Å². The van der Waals surface area contributed by atoms with E-state index in [1.54, 1.807) is 12.4 Å². The SMILES string of the molecule is c1cncc(-c2ccc(-c3ccc(-c4ccc(-c5nc6ccccc6nc5-c5ccc(-c6ccc(-c7ccc(-c8cccnc8)cc7)cc6)cc5)cc4)cc3)cc2)c1. The van der Waals surface area contributed by atoms with Crippen molar-refractivity contribution in [3.63, 3.8) is 0 Å². The molecule has 4 heteroatoms. The molecule has 3 heterocycles. The number of fused-ring (bicyclic) bond motifs is 1. The van der Waals surface area contributed by atoms with Gasteiger partial charge in [0.25, 0.3) is 0 Å². The molecule has 0 aliphatic carbocycles. The van der Waals surface area contributed by atoms with Gasteiger partial charge in [-0.3, -0.25) is 9.97 Å². The van der Waals surface area contributed by atoms with Crippen LogP contribution >= 0.6 is 0 Å². The van der Waals surface area contributed by atoms with Crippen molar-refractivity contribution in [3.8, 4) is 89.3 Å². The van der Waals surface area contributed by atoms with Gasteiger partial charge in [0.1, 0.15) is 0 Å². The maximum absolute atomic E-state index is 5.17. The molecular formula is C54H36N4. The Kier molecular flexibility index (Phi) is 9.18. The topological polar surface area (TPSA) is 51.6 Å². The normalized spacial score (nSPS) is 11.1. The first-order chi connectivity index (χ1) is 28.7. The van der Waals surface area contributed by atoms with Gasteiger partial charge in [-0.05, 0) is 91.0 Å². The summed E-state index contributed by atoms with van der Waals surface area (Å²) < 4.78 is 0. The van der Waals surface area contributed by atoms with E-state index in [4.69, 9.17) is 9.97 Å². The quantitative estimate of drug-likeness (QED) is 0.156. The van der Waals surface area contributed by atoms with Crippen LogP contribution < -0.4 is 0 Å². The first-order valence-electron chi connectivity index (χ1n) is 19.4. The fraction of sp³-hybridized carbons (Fsp3) is 0. The van der Waals surface area contributed by atoms with Crippen molar-refractivity contribution in [1.82, 2.24) is 19.9 Å². The summed E-state index contributed by atoms with van der Waals surface area (Å²) in [5, 5.41) is 0. The lowest BCUT2D eigenvalue weighted by atomic mass is 9.96. The van der Waals surface area contributed by atoms with E-state index < -0.39 is 0 Å². The Morgan fingerprint density at radius 1 is 0.207 bits per heavy atom. The van der Waals surface area contributed by atoms with Gasteiger partial charge in [0, 0.05) is 35.9 Å². The molecule has 0 aliphatic heterocycles. The summed E-state index contributed by atoms with van der Waals surface area (Å²) in [5.74, 6) is 0. The van der Waals surface area contributed by atoms with E-state index in [1.165, 1.54) is 22.3 Å². The second-order valence-electron chi connectivity index (χ2n) is 14.4. The van der Waals surface area contributed by atoms with Crippen molar-refractivity contribution in [3.05, 3.63) is 219 Å². The van der Waals surface area contributed by atoms with E-state index >= 15 is 0 Å². The van der Waals surface area contributed by atoms with E-state index in [1.807, 2.05) is 48.8 Å². The molecule has 0 aliphatic rings. The van der Waals surface area contributed by atoms with Gasteiger partial charge in [-0.2, -0.15) is 0 Å². The lowest BCUT2D eigenvalue weighted by Gasteiger charge is -2.12. The molecule has 3 aromatic heterocycles. The minimum Gasteiger partial charge on any atom is -0.264 e. The molecule has 272 valence electrons. The first-order valence-corrected chi connectivity index (χ1v) is 19.4. The van der Waals surface area contributed by atoms with E-state index in [0.717, 1.165) is 78.1 Å².